The summed E-state index contributed by atoms with van der Waals surface area (Å²) >= 11 is 0. The lowest BCUT2D eigenvalue weighted by Crippen LogP contribution is -2.18. The van der Waals surface area contributed by atoms with Crippen molar-refractivity contribution in [3.05, 3.63) is 59.2 Å². The van der Waals surface area contributed by atoms with Crippen molar-refractivity contribution in [1.29, 1.82) is 0 Å². The number of fused-ring (bicyclic) bond motifs is 1. The van der Waals surface area contributed by atoms with E-state index in [-0.39, 0.29) is 0 Å². The SMILES string of the molecule is COC(=O)c1ccc(CC(C(=O)O)c2ccc3c(c2)OCCO3)cc1. The van der Waals surface area contributed by atoms with Gasteiger partial charge in [-0.25, -0.2) is 4.79 Å². The van der Waals surface area contributed by atoms with Gasteiger partial charge in [0.15, 0.2) is 11.5 Å². The molecule has 0 radical (unpaired) electrons. The number of aliphatic carboxylic acids is 1. The molecule has 1 aliphatic heterocycles. The van der Waals surface area contributed by atoms with Gasteiger partial charge in [0, 0.05) is 0 Å². The fourth-order valence-electron chi connectivity index (χ4n) is 2.75. The third kappa shape index (κ3) is 3.74. The molecule has 1 atom stereocenters. The minimum atomic E-state index is -0.922. The average Bonchev–Trinajstić information content (AvgIpc) is 2.65. The zero-order chi connectivity index (χ0) is 17.8. The molecule has 0 aliphatic carbocycles. The van der Waals surface area contributed by atoms with Crippen LogP contribution in [0, 0.1) is 0 Å². The van der Waals surface area contributed by atoms with Crippen LogP contribution in [-0.2, 0) is 16.0 Å². The molecule has 25 heavy (non-hydrogen) atoms. The molecular weight excluding hydrogens is 324 g/mol. The summed E-state index contributed by atoms with van der Waals surface area (Å²) < 4.78 is 15.7. The Morgan fingerprint density at radius 2 is 1.76 bits per heavy atom. The van der Waals surface area contributed by atoms with Gasteiger partial charge in [0.05, 0.1) is 18.6 Å². The molecule has 1 N–H and O–H groups in total. The Bertz CT molecular complexity index is 781. The lowest BCUT2D eigenvalue weighted by molar-refractivity contribution is -0.138. The largest absolute Gasteiger partial charge is 0.486 e. The van der Waals surface area contributed by atoms with Gasteiger partial charge in [-0.2, -0.15) is 0 Å². The molecule has 2 aromatic carbocycles. The van der Waals surface area contributed by atoms with E-state index in [1.165, 1.54) is 7.11 Å². The Kier molecular flexibility index (Phi) is 4.88. The number of hydrogen-bond donors (Lipinski definition) is 1. The van der Waals surface area contributed by atoms with E-state index in [0.29, 0.717) is 42.3 Å². The van der Waals surface area contributed by atoms with Gasteiger partial charge in [0.2, 0.25) is 0 Å². The van der Waals surface area contributed by atoms with Crippen molar-refractivity contribution < 1.29 is 28.9 Å². The van der Waals surface area contributed by atoms with Crippen molar-refractivity contribution in [3.63, 3.8) is 0 Å². The quantitative estimate of drug-likeness (QED) is 0.841. The molecule has 6 nitrogen and oxygen atoms in total. The summed E-state index contributed by atoms with van der Waals surface area (Å²) in [5, 5.41) is 9.63. The van der Waals surface area contributed by atoms with E-state index in [4.69, 9.17) is 9.47 Å². The van der Waals surface area contributed by atoms with Gasteiger partial charge < -0.3 is 19.3 Å². The summed E-state index contributed by atoms with van der Waals surface area (Å²) in [4.78, 5) is 23.2. The molecule has 2 aromatic rings. The van der Waals surface area contributed by atoms with Crippen LogP contribution in [0.25, 0.3) is 0 Å². The first-order valence-corrected chi connectivity index (χ1v) is 7.88. The van der Waals surface area contributed by atoms with Crippen molar-refractivity contribution in [2.45, 2.75) is 12.3 Å². The Labute approximate surface area is 144 Å². The second-order valence-corrected chi connectivity index (χ2v) is 5.69. The Morgan fingerprint density at radius 1 is 1.08 bits per heavy atom. The third-order valence-electron chi connectivity index (χ3n) is 4.08. The molecule has 0 bridgehead atoms. The number of carbonyl (C=O) groups is 2. The minimum Gasteiger partial charge on any atom is -0.486 e. The summed E-state index contributed by atoms with van der Waals surface area (Å²) in [6.45, 7) is 0.935. The maximum atomic E-state index is 11.7. The first-order chi connectivity index (χ1) is 12.1. The normalized spacial score (nSPS) is 13.8. The Hall–Kier alpha value is -3.02. The monoisotopic (exact) mass is 342 g/mol. The van der Waals surface area contributed by atoms with Crippen molar-refractivity contribution >= 4 is 11.9 Å². The summed E-state index contributed by atoms with van der Waals surface area (Å²) in [6, 6.07) is 11.9. The third-order valence-corrected chi connectivity index (χ3v) is 4.08. The van der Waals surface area contributed by atoms with Crippen LogP contribution in [0.3, 0.4) is 0 Å². The van der Waals surface area contributed by atoms with E-state index in [2.05, 4.69) is 4.74 Å². The molecule has 0 saturated heterocycles. The number of carboxylic acids is 1. The summed E-state index contributed by atoms with van der Waals surface area (Å²) in [5.74, 6) is -0.876. The van der Waals surface area contributed by atoms with E-state index in [1.54, 1.807) is 42.5 Å². The lowest BCUT2D eigenvalue weighted by Gasteiger charge is -2.20. The van der Waals surface area contributed by atoms with E-state index in [1.807, 2.05) is 0 Å². The molecular formula is C19H18O6. The van der Waals surface area contributed by atoms with Gasteiger partial charge in [-0.15, -0.1) is 0 Å². The highest BCUT2D eigenvalue weighted by Crippen LogP contribution is 2.34. The summed E-state index contributed by atoms with van der Waals surface area (Å²) in [7, 11) is 1.32. The number of benzene rings is 2. The topological polar surface area (TPSA) is 82.1 Å². The zero-order valence-corrected chi connectivity index (χ0v) is 13.7. The second-order valence-electron chi connectivity index (χ2n) is 5.69. The fraction of sp³-hybridized carbons (Fsp3) is 0.263. The van der Waals surface area contributed by atoms with Crippen molar-refractivity contribution in [3.8, 4) is 11.5 Å². The van der Waals surface area contributed by atoms with Crippen molar-refractivity contribution in [1.82, 2.24) is 0 Å². The first-order valence-electron chi connectivity index (χ1n) is 7.88. The van der Waals surface area contributed by atoms with Crippen molar-refractivity contribution in [2.75, 3.05) is 20.3 Å². The van der Waals surface area contributed by atoms with Gasteiger partial charge in [0.1, 0.15) is 13.2 Å². The Balaban J connectivity index is 1.82. The van der Waals surface area contributed by atoms with E-state index in [0.717, 1.165) is 5.56 Å². The molecule has 130 valence electrons. The van der Waals surface area contributed by atoms with Crippen LogP contribution in [0.4, 0.5) is 0 Å². The molecule has 0 spiro atoms. The van der Waals surface area contributed by atoms with Crippen LogP contribution in [0.2, 0.25) is 0 Å². The van der Waals surface area contributed by atoms with Gasteiger partial charge in [0.25, 0.3) is 0 Å². The van der Waals surface area contributed by atoms with Gasteiger partial charge in [-0.05, 0) is 41.8 Å². The number of methoxy groups -OCH3 is 1. The standard InChI is InChI=1S/C19H18O6/c1-23-19(22)13-4-2-12(3-5-13)10-15(18(20)21)14-6-7-16-17(11-14)25-9-8-24-16/h2-7,11,15H,8-10H2,1H3,(H,20,21). The molecule has 3 rings (SSSR count). The van der Waals surface area contributed by atoms with Crippen LogP contribution >= 0.6 is 0 Å². The van der Waals surface area contributed by atoms with Crippen LogP contribution < -0.4 is 9.47 Å². The van der Waals surface area contributed by atoms with Gasteiger partial charge in [-0.3, -0.25) is 4.79 Å². The maximum absolute atomic E-state index is 11.7. The fourth-order valence-corrected chi connectivity index (χ4v) is 2.75. The first kappa shape index (κ1) is 16.8. The highest BCUT2D eigenvalue weighted by molar-refractivity contribution is 5.89. The second kappa shape index (κ2) is 7.25. The van der Waals surface area contributed by atoms with Crippen molar-refractivity contribution in [2.24, 2.45) is 0 Å². The number of hydrogen-bond acceptors (Lipinski definition) is 5. The number of carbonyl (C=O) groups excluding carboxylic acids is 1. The smallest absolute Gasteiger partial charge is 0.337 e. The van der Waals surface area contributed by atoms with E-state index >= 15 is 0 Å². The predicted octanol–water partition coefficient (Wildman–Crippen LogP) is 2.66. The average molecular weight is 342 g/mol. The molecule has 0 amide bonds. The molecule has 1 heterocycles. The van der Waals surface area contributed by atoms with Gasteiger partial charge in [-0.1, -0.05) is 18.2 Å². The lowest BCUT2D eigenvalue weighted by atomic mass is 9.91. The highest BCUT2D eigenvalue weighted by atomic mass is 16.6. The molecule has 1 unspecified atom stereocenters. The summed E-state index contributed by atoms with van der Waals surface area (Å²) in [5.41, 5.74) is 1.89. The van der Waals surface area contributed by atoms with Crippen LogP contribution in [0.15, 0.2) is 42.5 Å². The van der Waals surface area contributed by atoms with E-state index in [9.17, 15) is 14.7 Å². The predicted molar refractivity (Wildman–Crippen MR) is 89.3 cm³/mol. The van der Waals surface area contributed by atoms with Crippen LogP contribution in [0.1, 0.15) is 27.4 Å². The van der Waals surface area contributed by atoms with Crippen LogP contribution in [-0.4, -0.2) is 37.4 Å². The molecule has 6 heteroatoms. The van der Waals surface area contributed by atoms with Crippen LogP contribution in [0.5, 0.6) is 11.5 Å². The number of rotatable bonds is 5. The molecule has 0 fully saturated rings. The highest BCUT2D eigenvalue weighted by Gasteiger charge is 2.23. The van der Waals surface area contributed by atoms with Gasteiger partial charge >= 0.3 is 11.9 Å². The summed E-state index contributed by atoms with van der Waals surface area (Å²) in [6.07, 6.45) is 0.302. The number of carboxylic acid groups (broad SMARTS) is 1. The zero-order valence-electron chi connectivity index (χ0n) is 13.7. The number of ether oxygens (including phenoxy) is 3. The number of esters is 1. The minimum absolute atomic E-state index is 0.302. The van der Waals surface area contributed by atoms with E-state index < -0.39 is 17.9 Å². The molecule has 0 aromatic heterocycles. The molecule has 1 aliphatic rings. The molecule has 0 saturated carbocycles. The Morgan fingerprint density at radius 3 is 2.40 bits per heavy atom. The maximum Gasteiger partial charge on any atom is 0.337 e.